The van der Waals surface area contributed by atoms with Crippen LogP contribution in [0.1, 0.15) is 33.6 Å². The van der Waals surface area contributed by atoms with Crippen LogP contribution in [0.4, 0.5) is 0 Å². The Labute approximate surface area is 157 Å². The van der Waals surface area contributed by atoms with Crippen molar-refractivity contribution in [1.29, 1.82) is 0 Å². The van der Waals surface area contributed by atoms with Crippen molar-refractivity contribution in [3.05, 3.63) is 47.6 Å². The summed E-state index contributed by atoms with van der Waals surface area (Å²) >= 11 is 6.31. The summed E-state index contributed by atoms with van der Waals surface area (Å²) in [6.45, 7) is 11.6. The Morgan fingerprint density at radius 2 is 2.04 bits per heavy atom. The SMILES string of the molecule is C=CN1C=C(Cl)C=C(N2CCN(S(C)(=O)=O)C(C)(C)C2)/C1=C/CCC. The van der Waals surface area contributed by atoms with E-state index >= 15 is 0 Å². The number of halogens is 1. The van der Waals surface area contributed by atoms with E-state index in [0.29, 0.717) is 24.7 Å². The normalized spacial score (nSPS) is 23.5. The molecule has 0 aromatic rings. The molecule has 1 fully saturated rings. The van der Waals surface area contributed by atoms with Gasteiger partial charge in [-0.3, -0.25) is 0 Å². The maximum Gasteiger partial charge on any atom is 0.211 e. The third-order valence-corrected chi connectivity index (χ3v) is 6.15. The highest BCUT2D eigenvalue weighted by atomic mass is 35.5. The number of rotatable bonds is 5. The lowest BCUT2D eigenvalue weighted by molar-refractivity contribution is 0.105. The Bertz CT molecular complexity index is 723. The molecule has 2 aliphatic rings. The lowest BCUT2D eigenvalue weighted by atomic mass is 10.00. The molecule has 0 saturated carbocycles. The highest BCUT2D eigenvalue weighted by Crippen LogP contribution is 2.33. The minimum absolute atomic E-state index is 0.458. The quantitative estimate of drug-likeness (QED) is 0.727. The summed E-state index contributed by atoms with van der Waals surface area (Å²) in [5.74, 6) is 0. The monoisotopic (exact) mass is 385 g/mol. The van der Waals surface area contributed by atoms with E-state index in [2.05, 4.69) is 24.5 Å². The fraction of sp³-hybridized carbons (Fsp3) is 0.556. The molecular formula is C18H28ClN3O2S. The Morgan fingerprint density at radius 3 is 2.56 bits per heavy atom. The van der Waals surface area contributed by atoms with Gasteiger partial charge >= 0.3 is 0 Å². The first-order valence-corrected chi connectivity index (χ1v) is 10.8. The van der Waals surface area contributed by atoms with E-state index in [1.807, 2.05) is 31.0 Å². The molecule has 0 aliphatic carbocycles. The zero-order chi connectivity index (χ0) is 18.8. The van der Waals surface area contributed by atoms with Crippen LogP contribution in [0, 0.1) is 0 Å². The molecule has 1 saturated heterocycles. The first-order chi connectivity index (χ1) is 11.6. The average Bonchev–Trinajstić information content (AvgIpc) is 2.50. The Hall–Kier alpha value is -1.24. The molecule has 0 bridgehead atoms. The maximum atomic E-state index is 12.1. The van der Waals surface area contributed by atoms with Gasteiger partial charge in [0.2, 0.25) is 10.0 Å². The van der Waals surface area contributed by atoms with Gasteiger partial charge in [-0.1, -0.05) is 37.6 Å². The van der Waals surface area contributed by atoms with Gasteiger partial charge in [0, 0.05) is 37.6 Å². The molecule has 0 unspecified atom stereocenters. The molecule has 2 aliphatic heterocycles. The van der Waals surface area contributed by atoms with Crippen molar-refractivity contribution < 1.29 is 8.42 Å². The molecule has 2 heterocycles. The number of sulfonamides is 1. The molecule has 2 rings (SSSR count). The van der Waals surface area contributed by atoms with E-state index < -0.39 is 15.6 Å². The van der Waals surface area contributed by atoms with Gasteiger partial charge in [0.1, 0.15) is 0 Å². The van der Waals surface area contributed by atoms with E-state index in [-0.39, 0.29) is 0 Å². The molecule has 0 atom stereocenters. The van der Waals surface area contributed by atoms with Gasteiger partial charge in [-0.2, -0.15) is 4.31 Å². The largest absolute Gasteiger partial charge is 0.367 e. The van der Waals surface area contributed by atoms with Crippen LogP contribution in [-0.4, -0.2) is 54.0 Å². The molecule has 7 heteroatoms. The molecule has 0 aromatic carbocycles. The van der Waals surface area contributed by atoms with Crippen molar-refractivity contribution >= 4 is 21.6 Å². The third kappa shape index (κ3) is 4.49. The van der Waals surface area contributed by atoms with Crippen LogP contribution < -0.4 is 0 Å². The third-order valence-electron chi connectivity index (χ3n) is 4.47. The predicted molar refractivity (Wildman–Crippen MR) is 104 cm³/mol. The van der Waals surface area contributed by atoms with Crippen LogP contribution in [-0.2, 0) is 10.0 Å². The number of hydrogen-bond donors (Lipinski definition) is 0. The van der Waals surface area contributed by atoms with E-state index in [1.165, 1.54) is 6.26 Å². The van der Waals surface area contributed by atoms with Crippen LogP contribution in [0.2, 0.25) is 0 Å². The minimum atomic E-state index is -3.23. The Balaban J connectivity index is 2.36. The summed E-state index contributed by atoms with van der Waals surface area (Å²) in [7, 11) is -3.23. The Morgan fingerprint density at radius 1 is 1.36 bits per heavy atom. The van der Waals surface area contributed by atoms with Crippen LogP contribution >= 0.6 is 11.6 Å². The second-order valence-corrected chi connectivity index (χ2v) is 9.42. The van der Waals surface area contributed by atoms with Crippen LogP contribution in [0.15, 0.2) is 47.6 Å². The molecule has 0 amide bonds. The van der Waals surface area contributed by atoms with Gasteiger partial charge in [0.05, 0.1) is 22.7 Å². The standard InChI is InChI=1S/C18H28ClN3O2S/c1-6-8-9-16-17(12-15(19)13-20(16)7-2)21-10-11-22(25(5,23)24)18(3,4)14-21/h7,9,12-13H,2,6,8,10-11,14H2,1,3-5H3/b16-9-. The van der Waals surface area contributed by atoms with Crippen molar-refractivity contribution in [2.24, 2.45) is 0 Å². The molecule has 25 heavy (non-hydrogen) atoms. The molecule has 0 radical (unpaired) electrons. The van der Waals surface area contributed by atoms with Gasteiger partial charge in [0.25, 0.3) is 0 Å². The fourth-order valence-corrected chi connectivity index (χ4v) is 5.01. The lowest BCUT2D eigenvalue weighted by Gasteiger charge is -2.48. The minimum Gasteiger partial charge on any atom is -0.367 e. The van der Waals surface area contributed by atoms with Gasteiger partial charge in [-0.15, -0.1) is 0 Å². The predicted octanol–water partition coefficient (Wildman–Crippen LogP) is 3.45. The second-order valence-electron chi connectivity index (χ2n) is 7.08. The lowest BCUT2D eigenvalue weighted by Crippen LogP contribution is -2.60. The summed E-state index contributed by atoms with van der Waals surface area (Å²) in [5, 5.41) is 0.631. The van der Waals surface area contributed by atoms with Gasteiger partial charge in [-0.25, -0.2) is 8.42 Å². The smallest absolute Gasteiger partial charge is 0.211 e. The summed E-state index contributed by atoms with van der Waals surface area (Å²) < 4.78 is 25.7. The highest BCUT2D eigenvalue weighted by Gasteiger charge is 2.40. The van der Waals surface area contributed by atoms with E-state index in [9.17, 15) is 8.42 Å². The molecule has 0 spiro atoms. The second kappa shape index (κ2) is 7.56. The molecule has 140 valence electrons. The Kier molecular flexibility index (Phi) is 6.07. The summed E-state index contributed by atoms with van der Waals surface area (Å²) in [6.07, 6.45) is 11.0. The summed E-state index contributed by atoms with van der Waals surface area (Å²) in [4.78, 5) is 4.15. The van der Waals surface area contributed by atoms with Crippen molar-refractivity contribution in [3.8, 4) is 0 Å². The average molecular weight is 386 g/mol. The van der Waals surface area contributed by atoms with Crippen LogP contribution in [0.25, 0.3) is 0 Å². The summed E-state index contributed by atoms with van der Waals surface area (Å²) in [5.41, 5.74) is 1.57. The van der Waals surface area contributed by atoms with Gasteiger partial charge in [-0.05, 0) is 26.3 Å². The van der Waals surface area contributed by atoms with Crippen LogP contribution in [0.3, 0.4) is 0 Å². The van der Waals surface area contributed by atoms with Crippen molar-refractivity contribution in [2.45, 2.75) is 39.2 Å². The first-order valence-electron chi connectivity index (χ1n) is 8.53. The van der Waals surface area contributed by atoms with Crippen LogP contribution in [0.5, 0.6) is 0 Å². The molecule has 5 nitrogen and oxygen atoms in total. The van der Waals surface area contributed by atoms with Crippen molar-refractivity contribution in [1.82, 2.24) is 14.1 Å². The summed E-state index contributed by atoms with van der Waals surface area (Å²) in [6, 6.07) is 0. The van der Waals surface area contributed by atoms with Crippen molar-refractivity contribution in [3.63, 3.8) is 0 Å². The van der Waals surface area contributed by atoms with Crippen molar-refractivity contribution in [2.75, 3.05) is 25.9 Å². The highest BCUT2D eigenvalue weighted by molar-refractivity contribution is 7.88. The topological polar surface area (TPSA) is 43.9 Å². The van der Waals surface area contributed by atoms with Gasteiger partial charge < -0.3 is 9.80 Å². The van der Waals surface area contributed by atoms with E-state index in [1.54, 1.807) is 10.5 Å². The van der Waals surface area contributed by atoms with Gasteiger partial charge in [0.15, 0.2) is 0 Å². The fourth-order valence-electron chi connectivity index (χ4n) is 3.43. The number of unbranched alkanes of at least 4 members (excludes halogenated alkanes) is 1. The number of hydrogen-bond acceptors (Lipinski definition) is 4. The number of piperazine rings is 1. The molecular weight excluding hydrogens is 358 g/mol. The van der Waals surface area contributed by atoms with E-state index in [4.69, 9.17) is 11.6 Å². The first kappa shape index (κ1) is 20.1. The number of nitrogens with zero attached hydrogens (tertiary/aromatic N) is 3. The molecule has 0 N–H and O–H groups in total. The number of allylic oxidation sites excluding steroid dienone is 3. The zero-order valence-electron chi connectivity index (χ0n) is 15.5. The zero-order valence-corrected chi connectivity index (χ0v) is 17.1. The maximum absolute atomic E-state index is 12.1. The van der Waals surface area contributed by atoms with E-state index in [0.717, 1.165) is 24.2 Å². The molecule has 0 aromatic heterocycles.